The maximum Gasteiger partial charge on any atom is 0.338 e. The average Bonchev–Trinajstić information content (AvgIpc) is 2.88. The van der Waals surface area contributed by atoms with E-state index in [0.717, 1.165) is 17.7 Å². The molecule has 5 nitrogen and oxygen atoms in total. The minimum Gasteiger partial charge on any atom is -0.452 e. The summed E-state index contributed by atoms with van der Waals surface area (Å²) in [6.07, 6.45) is 0.813. The van der Waals surface area contributed by atoms with Crippen LogP contribution in [0.4, 0.5) is 11.4 Å². The van der Waals surface area contributed by atoms with Crippen LogP contribution in [0, 0.1) is 0 Å². The Bertz CT molecular complexity index is 740. The fraction of sp³-hybridized carbons (Fsp3) is 0.222. The summed E-state index contributed by atoms with van der Waals surface area (Å²) in [6.45, 7) is 1.71. The van der Waals surface area contributed by atoms with Crippen LogP contribution < -0.4 is 10.6 Å². The van der Waals surface area contributed by atoms with Gasteiger partial charge in [0.2, 0.25) is 0 Å². The van der Waals surface area contributed by atoms with Gasteiger partial charge in [-0.25, -0.2) is 4.79 Å². The maximum absolute atomic E-state index is 12.4. The predicted molar refractivity (Wildman–Crippen MR) is 88.2 cm³/mol. The Balaban J connectivity index is 1.66. The van der Waals surface area contributed by atoms with Gasteiger partial charge in [0.05, 0.1) is 5.56 Å². The maximum atomic E-state index is 12.4. The fourth-order valence-corrected chi connectivity index (χ4v) is 2.84. The van der Waals surface area contributed by atoms with Crippen LogP contribution >= 0.6 is 0 Å². The molecular formula is C18H18N2O3. The number of carbonyl (C=O) groups is 2. The average molecular weight is 310 g/mol. The van der Waals surface area contributed by atoms with Crippen molar-refractivity contribution in [2.24, 2.45) is 0 Å². The summed E-state index contributed by atoms with van der Waals surface area (Å²) in [5.41, 5.74) is 8.56. The van der Waals surface area contributed by atoms with Crippen LogP contribution in [-0.4, -0.2) is 24.5 Å². The van der Waals surface area contributed by atoms with E-state index in [1.54, 1.807) is 29.2 Å². The number of nitrogen functional groups attached to an aromatic ring is 1. The summed E-state index contributed by atoms with van der Waals surface area (Å²) in [4.78, 5) is 26.1. The highest BCUT2D eigenvalue weighted by molar-refractivity contribution is 5.99. The molecule has 118 valence electrons. The Morgan fingerprint density at radius 1 is 1.17 bits per heavy atom. The molecule has 3 rings (SSSR count). The number of nitrogens with zero attached hydrogens (tertiary/aromatic N) is 1. The summed E-state index contributed by atoms with van der Waals surface area (Å²) in [7, 11) is 0. The highest BCUT2D eigenvalue weighted by Gasteiger charge is 2.30. The molecule has 0 bridgehead atoms. The van der Waals surface area contributed by atoms with Crippen molar-refractivity contribution in [3.8, 4) is 0 Å². The van der Waals surface area contributed by atoms with E-state index < -0.39 is 5.97 Å². The van der Waals surface area contributed by atoms with Crippen LogP contribution in [0.5, 0.6) is 0 Å². The van der Waals surface area contributed by atoms with Crippen molar-refractivity contribution in [1.29, 1.82) is 0 Å². The summed E-state index contributed by atoms with van der Waals surface area (Å²) >= 11 is 0. The van der Waals surface area contributed by atoms with E-state index in [0.29, 0.717) is 11.3 Å². The van der Waals surface area contributed by atoms with E-state index in [9.17, 15) is 9.59 Å². The number of para-hydroxylation sites is 1. The summed E-state index contributed by atoms with van der Waals surface area (Å²) in [5.74, 6) is -0.746. The van der Waals surface area contributed by atoms with E-state index in [1.807, 2.05) is 31.2 Å². The van der Waals surface area contributed by atoms with Crippen LogP contribution in [0.3, 0.4) is 0 Å². The number of hydrogen-bond acceptors (Lipinski definition) is 4. The van der Waals surface area contributed by atoms with E-state index in [4.69, 9.17) is 10.5 Å². The largest absolute Gasteiger partial charge is 0.452 e. The van der Waals surface area contributed by atoms with Crippen LogP contribution in [0.1, 0.15) is 22.8 Å². The molecule has 5 heteroatoms. The van der Waals surface area contributed by atoms with Gasteiger partial charge in [0.25, 0.3) is 5.91 Å². The summed E-state index contributed by atoms with van der Waals surface area (Å²) < 4.78 is 5.13. The van der Waals surface area contributed by atoms with Crippen molar-refractivity contribution in [3.05, 3.63) is 59.7 Å². The standard InChI is InChI=1S/C18H18N2O3/c1-12-10-14-4-2-3-5-16(14)20(12)17(21)11-23-18(22)13-6-8-15(19)9-7-13/h2-9,12H,10-11,19H2,1H3. The number of esters is 1. The van der Waals surface area contributed by atoms with Crippen LogP contribution in [0.15, 0.2) is 48.5 Å². The van der Waals surface area contributed by atoms with Gasteiger partial charge >= 0.3 is 5.97 Å². The summed E-state index contributed by atoms with van der Waals surface area (Å²) in [5, 5.41) is 0. The minimum atomic E-state index is -0.529. The normalized spacial score (nSPS) is 16.0. The van der Waals surface area contributed by atoms with Crippen molar-refractivity contribution >= 4 is 23.3 Å². The second-order valence-electron chi connectivity index (χ2n) is 5.64. The Labute approximate surface area is 134 Å². The Hall–Kier alpha value is -2.82. The fourth-order valence-electron chi connectivity index (χ4n) is 2.84. The van der Waals surface area contributed by atoms with E-state index >= 15 is 0 Å². The lowest BCUT2D eigenvalue weighted by molar-refractivity contribution is -0.122. The van der Waals surface area contributed by atoms with E-state index in [-0.39, 0.29) is 18.6 Å². The monoisotopic (exact) mass is 310 g/mol. The van der Waals surface area contributed by atoms with Gasteiger partial charge in [0.1, 0.15) is 0 Å². The molecule has 1 aliphatic heterocycles. The zero-order valence-corrected chi connectivity index (χ0v) is 12.9. The predicted octanol–water partition coefficient (Wildman–Crippen LogP) is 2.40. The third kappa shape index (κ3) is 3.04. The Morgan fingerprint density at radius 3 is 2.61 bits per heavy atom. The smallest absolute Gasteiger partial charge is 0.338 e. The molecule has 0 saturated carbocycles. The van der Waals surface area contributed by atoms with Gasteiger partial charge in [-0.05, 0) is 49.2 Å². The van der Waals surface area contributed by atoms with Crippen molar-refractivity contribution in [2.75, 3.05) is 17.2 Å². The van der Waals surface area contributed by atoms with Crippen molar-refractivity contribution in [1.82, 2.24) is 0 Å². The zero-order chi connectivity index (χ0) is 16.4. The molecule has 1 aliphatic rings. The number of benzene rings is 2. The van der Waals surface area contributed by atoms with Crippen LogP contribution in [-0.2, 0) is 16.0 Å². The second-order valence-corrected chi connectivity index (χ2v) is 5.64. The molecule has 0 fully saturated rings. The molecule has 0 radical (unpaired) electrons. The van der Waals surface area contributed by atoms with Gasteiger partial charge < -0.3 is 15.4 Å². The molecular weight excluding hydrogens is 292 g/mol. The van der Waals surface area contributed by atoms with Gasteiger partial charge in [0.15, 0.2) is 6.61 Å². The molecule has 2 aromatic rings. The van der Waals surface area contributed by atoms with Crippen molar-refractivity contribution in [3.63, 3.8) is 0 Å². The Kier molecular flexibility index (Phi) is 4.02. The van der Waals surface area contributed by atoms with E-state index in [1.165, 1.54) is 0 Å². The number of ether oxygens (including phenoxy) is 1. The molecule has 0 spiro atoms. The molecule has 1 heterocycles. The number of hydrogen-bond donors (Lipinski definition) is 1. The first-order valence-corrected chi connectivity index (χ1v) is 7.49. The first-order chi connectivity index (χ1) is 11.1. The number of amides is 1. The van der Waals surface area contributed by atoms with Crippen molar-refractivity contribution in [2.45, 2.75) is 19.4 Å². The third-order valence-electron chi connectivity index (χ3n) is 3.95. The second kappa shape index (κ2) is 6.12. The van der Waals surface area contributed by atoms with Gasteiger partial charge in [-0.3, -0.25) is 4.79 Å². The summed E-state index contributed by atoms with van der Waals surface area (Å²) in [6, 6.07) is 14.3. The lowest BCUT2D eigenvalue weighted by Gasteiger charge is -2.22. The molecule has 2 N–H and O–H groups in total. The molecule has 0 saturated heterocycles. The van der Waals surface area contributed by atoms with E-state index in [2.05, 4.69) is 0 Å². The highest BCUT2D eigenvalue weighted by atomic mass is 16.5. The molecule has 0 aromatic heterocycles. The highest BCUT2D eigenvalue weighted by Crippen LogP contribution is 2.31. The quantitative estimate of drug-likeness (QED) is 0.698. The van der Waals surface area contributed by atoms with Gasteiger partial charge in [-0.2, -0.15) is 0 Å². The van der Waals surface area contributed by atoms with Crippen molar-refractivity contribution < 1.29 is 14.3 Å². The third-order valence-corrected chi connectivity index (χ3v) is 3.95. The number of carbonyl (C=O) groups excluding carboxylic acids is 2. The SMILES string of the molecule is CC1Cc2ccccc2N1C(=O)COC(=O)c1ccc(N)cc1. The number of rotatable bonds is 3. The zero-order valence-electron chi connectivity index (χ0n) is 12.9. The lowest BCUT2D eigenvalue weighted by Crippen LogP contribution is -2.38. The lowest BCUT2D eigenvalue weighted by atomic mass is 10.1. The molecule has 2 aromatic carbocycles. The number of anilines is 2. The molecule has 1 amide bonds. The molecule has 1 unspecified atom stereocenters. The van der Waals surface area contributed by atoms with Crippen LogP contribution in [0.2, 0.25) is 0 Å². The molecule has 1 atom stereocenters. The topological polar surface area (TPSA) is 72.6 Å². The van der Waals surface area contributed by atoms with Crippen LogP contribution in [0.25, 0.3) is 0 Å². The number of nitrogens with two attached hydrogens (primary N) is 1. The first kappa shape index (κ1) is 15.1. The molecule has 0 aliphatic carbocycles. The number of fused-ring (bicyclic) bond motifs is 1. The van der Waals surface area contributed by atoms with Gasteiger partial charge in [-0.1, -0.05) is 18.2 Å². The minimum absolute atomic E-state index is 0.0649. The van der Waals surface area contributed by atoms with Gasteiger partial charge in [-0.15, -0.1) is 0 Å². The first-order valence-electron chi connectivity index (χ1n) is 7.49. The Morgan fingerprint density at radius 2 is 1.87 bits per heavy atom. The molecule has 23 heavy (non-hydrogen) atoms. The van der Waals surface area contributed by atoms with Gasteiger partial charge in [0, 0.05) is 17.4 Å².